The van der Waals surface area contributed by atoms with Crippen molar-refractivity contribution < 1.29 is 5.11 Å². The van der Waals surface area contributed by atoms with Crippen LogP contribution in [-0.2, 0) is 6.61 Å². The van der Waals surface area contributed by atoms with Crippen LogP contribution in [0, 0.1) is 6.92 Å². The fourth-order valence-electron chi connectivity index (χ4n) is 1.50. The van der Waals surface area contributed by atoms with Gasteiger partial charge >= 0.3 is 5.69 Å². The molecule has 0 unspecified atom stereocenters. The molecule has 0 radical (unpaired) electrons. The van der Waals surface area contributed by atoms with Crippen molar-refractivity contribution in [2.75, 3.05) is 0 Å². The van der Waals surface area contributed by atoms with Crippen molar-refractivity contribution in [2.45, 2.75) is 13.5 Å². The number of aliphatic hydroxyl groups excluding tert-OH is 1. The third-order valence-corrected chi connectivity index (χ3v) is 2.48. The number of H-pyrrole nitrogens is 2. The Labute approximate surface area is 96.0 Å². The van der Waals surface area contributed by atoms with Gasteiger partial charge in [-0.15, -0.1) is 0 Å². The maximum Gasteiger partial charge on any atom is 0.325 e. The Balaban J connectivity index is 2.57. The topological polar surface area (TPSA) is 98.8 Å². The number of aliphatic hydroxyl groups is 1. The van der Waals surface area contributed by atoms with Crippen LogP contribution in [0.3, 0.4) is 0 Å². The van der Waals surface area contributed by atoms with Crippen LogP contribution in [0.2, 0.25) is 0 Å². The van der Waals surface area contributed by atoms with E-state index in [0.29, 0.717) is 11.3 Å². The zero-order chi connectivity index (χ0) is 12.4. The molecule has 6 nitrogen and oxygen atoms in total. The van der Waals surface area contributed by atoms with Crippen molar-refractivity contribution in [3.8, 4) is 11.3 Å². The monoisotopic (exact) mass is 233 g/mol. The fraction of sp³-hybridized carbons (Fsp3) is 0.182. The molecule has 0 fully saturated rings. The van der Waals surface area contributed by atoms with Crippen molar-refractivity contribution in [1.29, 1.82) is 0 Å². The van der Waals surface area contributed by atoms with Crippen LogP contribution in [0.1, 0.15) is 11.1 Å². The molecule has 88 valence electrons. The molecule has 0 atom stereocenters. The highest BCUT2D eigenvalue weighted by molar-refractivity contribution is 5.57. The normalized spacial score (nSPS) is 10.5. The zero-order valence-corrected chi connectivity index (χ0v) is 9.15. The molecule has 0 amide bonds. The van der Waals surface area contributed by atoms with E-state index in [1.165, 1.54) is 12.4 Å². The molecule has 0 saturated heterocycles. The lowest BCUT2D eigenvalue weighted by Gasteiger charge is -2.04. The predicted molar refractivity (Wildman–Crippen MR) is 61.6 cm³/mol. The first kappa shape index (κ1) is 11.3. The van der Waals surface area contributed by atoms with Gasteiger partial charge in [0.05, 0.1) is 17.9 Å². The molecule has 17 heavy (non-hydrogen) atoms. The van der Waals surface area contributed by atoms with Gasteiger partial charge in [0.2, 0.25) is 0 Å². The van der Waals surface area contributed by atoms with Crippen molar-refractivity contribution in [2.24, 2.45) is 0 Å². The van der Waals surface area contributed by atoms with Gasteiger partial charge in [0.15, 0.2) is 0 Å². The summed E-state index contributed by atoms with van der Waals surface area (Å²) in [6, 6.07) is 1.69. The molecular formula is C11H11N3O3. The van der Waals surface area contributed by atoms with Crippen LogP contribution >= 0.6 is 0 Å². The van der Waals surface area contributed by atoms with Crippen molar-refractivity contribution in [1.82, 2.24) is 15.0 Å². The molecule has 0 bridgehead atoms. The molecule has 3 N–H and O–H groups in total. The molecule has 6 heteroatoms. The first-order valence-corrected chi connectivity index (χ1v) is 5.00. The summed E-state index contributed by atoms with van der Waals surface area (Å²) < 4.78 is 0. The lowest BCUT2D eigenvalue weighted by molar-refractivity contribution is 0.280. The molecule has 0 saturated carbocycles. The molecule has 2 heterocycles. The first-order chi connectivity index (χ1) is 8.11. The predicted octanol–water partition coefficient (Wildman–Crippen LogP) is -0.0741. The van der Waals surface area contributed by atoms with Crippen LogP contribution in [0.15, 0.2) is 28.0 Å². The lowest BCUT2D eigenvalue weighted by Crippen LogP contribution is -2.22. The van der Waals surface area contributed by atoms with Gasteiger partial charge in [0.1, 0.15) is 0 Å². The van der Waals surface area contributed by atoms with Crippen LogP contribution in [-0.4, -0.2) is 20.1 Å². The van der Waals surface area contributed by atoms with Crippen LogP contribution in [0.5, 0.6) is 0 Å². The van der Waals surface area contributed by atoms with Crippen LogP contribution < -0.4 is 11.2 Å². The van der Waals surface area contributed by atoms with E-state index in [1.54, 1.807) is 6.07 Å². The van der Waals surface area contributed by atoms with Gasteiger partial charge in [-0.1, -0.05) is 0 Å². The Kier molecular flexibility index (Phi) is 2.88. The van der Waals surface area contributed by atoms with E-state index in [9.17, 15) is 9.59 Å². The summed E-state index contributed by atoms with van der Waals surface area (Å²) in [6.07, 6.45) is 2.83. The molecule has 0 spiro atoms. The minimum absolute atomic E-state index is 0.0961. The van der Waals surface area contributed by atoms with Gasteiger partial charge in [-0.2, -0.15) is 0 Å². The van der Waals surface area contributed by atoms with Crippen LogP contribution in [0.25, 0.3) is 11.3 Å². The largest absolute Gasteiger partial charge is 0.392 e. The number of hydrogen-bond acceptors (Lipinski definition) is 4. The second kappa shape index (κ2) is 4.34. The molecular weight excluding hydrogens is 222 g/mol. The van der Waals surface area contributed by atoms with Crippen molar-refractivity contribution in [3.63, 3.8) is 0 Å². The minimum atomic E-state index is -0.553. The lowest BCUT2D eigenvalue weighted by atomic mass is 10.1. The smallest absolute Gasteiger partial charge is 0.325 e. The summed E-state index contributed by atoms with van der Waals surface area (Å²) in [7, 11) is 0. The Morgan fingerprint density at radius 3 is 2.76 bits per heavy atom. The van der Waals surface area contributed by atoms with E-state index in [1.807, 2.05) is 6.92 Å². The molecule has 0 aliphatic rings. The van der Waals surface area contributed by atoms with E-state index in [2.05, 4.69) is 15.0 Å². The number of nitrogens with one attached hydrogen (secondary N) is 2. The summed E-state index contributed by atoms with van der Waals surface area (Å²) in [5.74, 6) is 0. The van der Waals surface area contributed by atoms with E-state index in [0.717, 1.165) is 5.56 Å². The SMILES string of the molecule is Cc1cc(-c2c[nH]c(=O)[nH]c2=O)ncc1CO. The highest BCUT2D eigenvalue weighted by Crippen LogP contribution is 2.15. The van der Waals surface area contributed by atoms with E-state index in [-0.39, 0.29) is 12.2 Å². The standard InChI is InChI=1S/C11H11N3O3/c1-6-2-9(12-3-7(6)5-15)8-4-13-11(17)14-10(8)16/h2-4,15H,5H2,1H3,(H2,13,14,16,17). The van der Waals surface area contributed by atoms with Crippen molar-refractivity contribution in [3.05, 3.63) is 50.4 Å². The summed E-state index contributed by atoms with van der Waals surface area (Å²) in [4.78, 5) is 31.0. The van der Waals surface area contributed by atoms with Gasteiger partial charge < -0.3 is 10.1 Å². The average molecular weight is 233 g/mol. The molecule has 0 aliphatic carbocycles. The zero-order valence-electron chi connectivity index (χ0n) is 9.15. The Morgan fingerprint density at radius 1 is 1.41 bits per heavy atom. The Bertz CT molecular complexity index is 657. The number of aromatic amines is 2. The Hall–Kier alpha value is -2.21. The molecule has 2 aromatic heterocycles. The number of hydrogen-bond donors (Lipinski definition) is 3. The van der Waals surface area contributed by atoms with Crippen molar-refractivity contribution >= 4 is 0 Å². The molecule has 0 aliphatic heterocycles. The number of aromatic nitrogens is 3. The fourth-order valence-corrected chi connectivity index (χ4v) is 1.50. The van der Waals surface area contributed by atoms with Gasteiger partial charge in [-0.3, -0.25) is 14.8 Å². The second-order valence-corrected chi connectivity index (χ2v) is 3.64. The summed E-state index contributed by atoms with van der Waals surface area (Å²) >= 11 is 0. The maximum atomic E-state index is 11.5. The van der Waals surface area contributed by atoms with Gasteiger partial charge in [0.25, 0.3) is 5.56 Å². The maximum absolute atomic E-state index is 11.5. The third-order valence-electron chi connectivity index (χ3n) is 2.48. The summed E-state index contributed by atoms with van der Waals surface area (Å²) in [5.41, 5.74) is 1.24. The van der Waals surface area contributed by atoms with Crippen LogP contribution in [0.4, 0.5) is 0 Å². The number of pyridine rings is 1. The Morgan fingerprint density at radius 2 is 2.18 bits per heavy atom. The van der Waals surface area contributed by atoms with Gasteiger partial charge in [-0.05, 0) is 24.1 Å². The van der Waals surface area contributed by atoms with Gasteiger partial charge in [0, 0.05) is 12.4 Å². The number of rotatable bonds is 2. The quantitative estimate of drug-likeness (QED) is 0.675. The number of nitrogens with zero attached hydrogens (tertiary/aromatic N) is 1. The number of aryl methyl sites for hydroxylation is 1. The highest BCUT2D eigenvalue weighted by Gasteiger charge is 2.07. The van der Waals surface area contributed by atoms with E-state index < -0.39 is 11.2 Å². The van der Waals surface area contributed by atoms with E-state index >= 15 is 0 Å². The summed E-state index contributed by atoms with van der Waals surface area (Å²) in [5, 5.41) is 9.02. The average Bonchev–Trinajstić information content (AvgIpc) is 2.29. The van der Waals surface area contributed by atoms with E-state index in [4.69, 9.17) is 5.11 Å². The molecule has 2 rings (SSSR count). The summed E-state index contributed by atoms with van der Waals surface area (Å²) in [6.45, 7) is 1.72. The molecule has 2 aromatic rings. The third kappa shape index (κ3) is 2.16. The highest BCUT2D eigenvalue weighted by atomic mass is 16.3. The second-order valence-electron chi connectivity index (χ2n) is 3.64. The van der Waals surface area contributed by atoms with Gasteiger partial charge in [-0.25, -0.2) is 4.79 Å². The minimum Gasteiger partial charge on any atom is -0.392 e. The molecule has 0 aromatic carbocycles. The first-order valence-electron chi connectivity index (χ1n) is 5.00.